The van der Waals surface area contributed by atoms with Crippen LogP contribution in [0.1, 0.15) is 16.7 Å². The normalized spacial score (nSPS) is 15.3. The maximum Gasteiger partial charge on any atom is 0.264 e. The summed E-state index contributed by atoms with van der Waals surface area (Å²) in [6.07, 6.45) is 1.72. The molecule has 200 valence electrons. The summed E-state index contributed by atoms with van der Waals surface area (Å²) in [6, 6.07) is 31.1. The van der Waals surface area contributed by atoms with E-state index in [1.807, 2.05) is 55.5 Å². The first-order valence-corrected chi connectivity index (χ1v) is 14.7. The van der Waals surface area contributed by atoms with Crippen LogP contribution in [0.2, 0.25) is 0 Å². The van der Waals surface area contributed by atoms with Gasteiger partial charge in [-0.25, -0.2) is 18.1 Å². The van der Waals surface area contributed by atoms with Crippen molar-refractivity contribution in [3.05, 3.63) is 125 Å². The van der Waals surface area contributed by atoms with Gasteiger partial charge in [0.25, 0.3) is 15.9 Å². The van der Waals surface area contributed by atoms with Crippen LogP contribution in [0.25, 0.3) is 17.2 Å². The molecule has 1 aliphatic heterocycles. The van der Waals surface area contributed by atoms with E-state index in [1.54, 1.807) is 36.4 Å². The van der Waals surface area contributed by atoms with Crippen molar-refractivity contribution in [2.75, 3.05) is 0 Å². The topological polar surface area (TPSA) is 105 Å². The van der Waals surface area contributed by atoms with Crippen molar-refractivity contribution in [1.82, 2.24) is 10.0 Å². The number of sulfonamides is 1. The molecule has 9 heteroatoms. The average Bonchev–Trinajstić information content (AvgIpc) is 3.28. The summed E-state index contributed by atoms with van der Waals surface area (Å²) in [7, 11) is -3.94. The molecule has 2 N–H and O–H groups in total. The Bertz CT molecular complexity index is 1710. The predicted molar refractivity (Wildman–Crippen MR) is 159 cm³/mol. The number of hydrogen-bond donors (Lipinski definition) is 2. The van der Waals surface area contributed by atoms with Gasteiger partial charge >= 0.3 is 0 Å². The van der Waals surface area contributed by atoms with Crippen LogP contribution in [0.15, 0.2) is 118 Å². The molecule has 7 nitrogen and oxygen atoms in total. The molecule has 1 heterocycles. The van der Waals surface area contributed by atoms with Gasteiger partial charge in [-0.2, -0.15) is 0 Å². The Balaban J connectivity index is 1.20. The van der Waals surface area contributed by atoms with Gasteiger partial charge in [-0.3, -0.25) is 9.59 Å². The molecule has 1 fully saturated rings. The number of aryl methyl sites for hydroxylation is 1. The molecule has 0 aromatic heterocycles. The third kappa shape index (κ3) is 6.74. The number of thioether (sulfide) groups is 1. The van der Waals surface area contributed by atoms with E-state index in [1.165, 1.54) is 23.9 Å². The zero-order valence-corrected chi connectivity index (χ0v) is 23.1. The number of hydrogen-bond acceptors (Lipinski definition) is 6. The molecule has 0 saturated carbocycles. The molecule has 4 aromatic rings. The number of carbonyl (C=O) groups is 2. The highest BCUT2D eigenvalue weighted by Crippen LogP contribution is 2.29. The Labute approximate surface area is 237 Å². The summed E-state index contributed by atoms with van der Waals surface area (Å²) in [6.45, 7) is 1.85. The monoisotopic (exact) mass is 567 g/mol. The second kappa shape index (κ2) is 11.7. The SMILES string of the molecule is Cc1ccc(S(=O)(=O)NC(=O)Cc2ccc(N=C3NC(=O)/C(=C/c4ccc(-c5ccccc5)cc4)S3)cc2)cc1. The van der Waals surface area contributed by atoms with Crippen LogP contribution < -0.4 is 10.0 Å². The maximum atomic E-state index is 12.5. The Hall–Kier alpha value is -4.47. The lowest BCUT2D eigenvalue weighted by atomic mass is 10.0. The number of benzene rings is 4. The fraction of sp³-hybridized carbons (Fsp3) is 0.0645. The van der Waals surface area contributed by atoms with E-state index < -0.39 is 15.9 Å². The van der Waals surface area contributed by atoms with Gasteiger partial charge in [-0.15, -0.1) is 0 Å². The number of nitrogens with zero attached hydrogens (tertiary/aromatic N) is 1. The van der Waals surface area contributed by atoms with E-state index in [-0.39, 0.29) is 17.2 Å². The molecule has 40 heavy (non-hydrogen) atoms. The second-order valence-electron chi connectivity index (χ2n) is 9.15. The first-order valence-electron chi connectivity index (χ1n) is 12.4. The Morgan fingerprint density at radius 2 is 1.52 bits per heavy atom. The fourth-order valence-corrected chi connectivity index (χ4v) is 5.81. The highest BCUT2D eigenvalue weighted by Gasteiger charge is 2.24. The number of aliphatic imine (C=N–C) groups is 1. The molecular formula is C31H25N3O4S2. The lowest BCUT2D eigenvalue weighted by Gasteiger charge is -2.07. The molecule has 1 saturated heterocycles. The van der Waals surface area contributed by atoms with E-state index in [2.05, 4.69) is 27.2 Å². The molecule has 0 atom stereocenters. The molecule has 0 aliphatic carbocycles. The minimum Gasteiger partial charge on any atom is -0.300 e. The summed E-state index contributed by atoms with van der Waals surface area (Å²) in [5.74, 6) is -0.858. The smallest absolute Gasteiger partial charge is 0.264 e. The zero-order valence-electron chi connectivity index (χ0n) is 21.5. The van der Waals surface area contributed by atoms with Gasteiger partial charge in [0.15, 0.2) is 5.17 Å². The van der Waals surface area contributed by atoms with Gasteiger partial charge in [0.2, 0.25) is 5.91 Å². The molecule has 4 aromatic carbocycles. The van der Waals surface area contributed by atoms with Crippen molar-refractivity contribution in [2.45, 2.75) is 18.2 Å². The van der Waals surface area contributed by atoms with Gasteiger partial charge in [-0.1, -0.05) is 84.4 Å². The molecule has 0 bridgehead atoms. The van der Waals surface area contributed by atoms with E-state index >= 15 is 0 Å². The van der Waals surface area contributed by atoms with Crippen LogP contribution in [0.3, 0.4) is 0 Å². The van der Waals surface area contributed by atoms with Crippen molar-refractivity contribution < 1.29 is 18.0 Å². The Morgan fingerprint density at radius 3 is 2.20 bits per heavy atom. The minimum atomic E-state index is -3.94. The van der Waals surface area contributed by atoms with Gasteiger partial charge in [-0.05, 0) is 71.3 Å². The van der Waals surface area contributed by atoms with Crippen molar-refractivity contribution >= 4 is 50.5 Å². The number of nitrogens with one attached hydrogen (secondary N) is 2. The third-order valence-corrected chi connectivity index (χ3v) is 8.38. The minimum absolute atomic E-state index is 0.0337. The third-order valence-electron chi connectivity index (χ3n) is 6.08. The van der Waals surface area contributed by atoms with Crippen molar-refractivity contribution in [1.29, 1.82) is 0 Å². The van der Waals surface area contributed by atoms with Crippen molar-refractivity contribution in [3.8, 4) is 11.1 Å². The molecule has 5 rings (SSSR count). The Kier molecular flexibility index (Phi) is 7.95. The molecule has 2 amide bonds. The van der Waals surface area contributed by atoms with Gasteiger partial charge < -0.3 is 5.32 Å². The zero-order chi connectivity index (χ0) is 28.1. The summed E-state index contributed by atoms with van der Waals surface area (Å²) in [5.41, 5.74) is 5.28. The lowest BCUT2D eigenvalue weighted by Crippen LogP contribution is -2.31. The maximum absolute atomic E-state index is 12.5. The van der Waals surface area contributed by atoms with Gasteiger partial charge in [0, 0.05) is 0 Å². The number of carbonyl (C=O) groups excluding carboxylic acids is 2. The van der Waals surface area contributed by atoms with Crippen LogP contribution in [0.4, 0.5) is 5.69 Å². The fourth-order valence-electron chi connectivity index (χ4n) is 3.99. The van der Waals surface area contributed by atoms with Crippen molar-refractivity contribution in [2.24, 2.45) is 4.99 Å². The number of rotatable bonds is 7. The Morgan fingerprint density at radius 1 is 0.875 bits per heavy atom. The average molecular weight is 568 g/mol. The van der Waals surface area contributed by atoms with Crippen LogP contribution in [-0.4, -0.2) is 25.4 Å². The first kappa shape index (κ1) is 27.1. The van der Waals surface area contributed by atoms with E-state index in [4.69, 9.17) is 0 Å². The van der Waals surface area contributed by atoms with Gasteiger partial charge in [0.1, 0.15) is 0 Å². The molecule has 0 spiro atoms. The first-order chi connectivity index (χ1) is 19.2. The highest BCUT2D eigenvalue weighted by atomic mass is 32.2. The predicted octanol–water partition coefficient (Wildman–Crippen LogP) is 5.60. The number of amides is 2. The summed E-state index contributed by atoms with van der Waals surface area (Å²) in [5, 5.41) is 3.23. The summed E-state index contributed by atoms with van der Waals surface area (Å²) < 4.78 is 27.0. The summed E-state index contributed by atoms with van der Waals surface area (Å²) >= 11 is 1.25. The van der Waals surface area contributed by atoms with E-state index in [0.29, 0.717) is 21.3 Å². The molecule has 0 radical (unpaired) electrons. The molecule has 0 unspecified atom stereocenters. The van der Waals surface area contributed by atoms with Gasteiger partial charge in [0.05, 0.1) is 21.9 Å². The second-order valence-corrected chi connectivity index (χ2v) is 11.9. The van der Waals surface area contributed by atoms with Crippen LogP contribution in [0.5, 0.6) is 0 Å². The largest absolute Gasteiger partial charge is 0.300 e. The standard InChI is InChI=1S/C31H25N3O4S2/c1-21-7-17-27(18-8-21)40(37,38)34-29(35)20-23-11-15-26(16-12-23)32-31-33-30(36)28(39-31)19-22-9-13-25(14-10-22)24-5-3-2-4-6-24/h2-19H,20H2,1H3,(H,34,35)(H,32,33,36)/b28-19-. The van der Waals surface area contributed by atoms with E-state index in [0.717, 1.165) is 22.3 Å². The van der Waals surface area contributed by atoms with Crippen LogP contribution in [0, 0.1) is 6.92 Å². The van der Waals surface area contributed by atoms with Crippen LogP contribution >= 0.6 is 11.8 Å². The quantitative estimate of drug-likeness (QED) is 0.283. The summed E-state index contributed by atoms with van der Waals surface area (Å²) in [4.78, 5) is 29.9. The lowest BCUT2D eigenvalue weighted by molar-refractivity contribution is -0.118. The highest BCUT2D eigenvalue weighted by molar-refractivity contribution is 8.18. The van der Waals surface area contributed by atoms with Crippen LogP contribution in [-0.2, 0) is 26.0 Å². The van der Waals surface area contributed by atoms with Crippen molar-refractivity contribution in [3.63, 3.8) is 0 Å². The molecule has 1 aliphatic rings. The molecular weight excluding hydrogens is 542 g/mol. The van der Waals surface area contributed by atoms with E-state index in [9.17, 15) is 18.0 Å². The number of amidine groups is 1.